The van der Waals surface area contributed by atoms with Crippen molar-refractivity contribution in [2.75, 3.05) is 25.0 Å². The van der Waals surface area contributed by atoms with Gasteiger partial charge in [-0.25, -0.2) is 13.2 Å². The van der Waals surface area contributed by atoms with E-state index in [2.05, 4.69) is 16.5 Å². The van der Waals surface area contributed by atoms with Crippen molar-refractivity contribution in [1.82, 2.24) is 14.7 Å². The highest BCUT2D eigenvalue weighted by atomic mass is 19.3. The summed E-state index contributed by atoms with van der Waals surface area (Å²) in [4.78, 5) is 13.6. The first-order chi connectivity index (χ1) is 13.8. The minimum atomic E-state index is -2.42. The molecule has 0 bridgehead atoms. The summed E-state index contributed by atoms with van der Waals surface area (Å²) < 4.78 is 40.0. The number of likely N-dealkylation sites (tertiary alicyclic amines) is 1. The van der Waals surface area contributed by atoms with Crippen molar-refractivity contribution in [3.05, 3.63) is 41.8 Å². The molecule has 0 aliphatic carbocycles. The number of carbonyl (C=O) groups is 1. The Labute approximate surface area is 165 Å². The van der Waals surface area contributed by atoms with Crippen LogP contribution < -0.4 is 11.1 Å². The lowest BCUT2D eigenvalue weighted by atomic mass is 9.85. The standard InChI is InChI=1S/C19H21F3N6O/c20-13-1-3-14(4-2-13)25-18-15(17(24)29)11-28(26-18)19(5-8-23)6-9-27(10-7-19)12-16(21)22/h1-4,11,16H,5-7,9-10,12H2,(H2,24,29)(H,25,26). The molecule has 0 radical (unpaired) electrons. The molecule has 3 rings (SSSR count). The highest BCUT2D eigenvalue weighted by Gasteiger charge is 2.38. The van der Waals surface area contributed by atoms with E-state index >= 15 is 0 Å². The third-order valence-electron chi connectivity index (χ3n) is 5.16. The Kier molecular flexibility index (Phi) is 6.08. The molecule has 154 valence electrons. The molecule has 2 aromatic rings. The number of alkyl halides is 2. The number of hydrogen-bond acceptors (Lipinski definition) is 5. The third-order valence-corrected chi connectivity index (χ3v) is 5.16. The van der Waals surface area contributed by atoms with Crippen LogP contribution in [0.15, 0.2) is 30.5 Å². The van der Waals surface area contributed by atoms with E-state index in [1.54, 1.807) is 9.58 Å². The third kappa shape index (κ3) is 4.68. The molecule has 0 atom stereocenters. The van der Waals surface area contributed by atoms with Crippen LogP contribution in [-0.4, -0.2) is 46.6 Å². The van der Waals surface area contributed by atoms with Gasteiger partial charge in [-0.1, -0.05) is 0 Å². The van der Waals surface area contributed by atoms with Gasteiger partial charge in [0.05, 0.1) is 24.6 Å². The number of primary amides is 1. The fourth-order valence-electron chi connectivity index (χ4n) is 3.54. The molecule has 2 heterocycles. The summed E-state index contributed by atoms with van der Waals surface area (Å²) in [6.45, 7) is 0.461. The monoisotopic (exact) mass is 406 g/mol. The lowest BCUT2D eigenvalue weighted by Gasteiger charge is -2.40. The van der Waals surface area contributed by atoms with E-state index in [4.69, 9.17) is 5.73 Å². The maximum Gasteiger partial charge on any atom is 0.254 e. The number of anilines is 2. The number of aromatic nitrogens is 2. The average Bonchev–Trinajstić information content (AvgIpc) is 3.10. The van der Waals surface area contributed by atoms with Crippen LogP contribution in [0.3, 0.4) is 0 Å². The number of amides is 1. The Morgan fingerprint density at radius 1 is 1.31 bits per heavy atom. The first kappa shape index (κ1) is 20.7. The van der Waals surface area contributed by atoms with Crippen LogP contribution >= 0.6 is 0 Å². The zero-order valence-electron chi connectivity index (χ0n) is 15.6. The number of nitrogens with zero attached hydrogens (tertiary/aromatic N) is 4. The van der Waals surface area contributed by atoms with Crippen molar-refractivity contribution in [2.24, 2.45) is 5.73 Å². The number of nitrogens with two attached hydrogens (primary N) is 1. The maximum absolute atomic E-state index is 13.1. The van der Waals surface area contributed by atoms with Gasteiger partial charge >= 0.3 is 0 Å². The Hall–Kier alpha value is -3.06. The minimum absolute atomic E-state index is 0.116. The van der Waals surface area contributed by atoms with Gasteiger partial charge in [0, 0.05) is 25.0 Å². The number of nitrogens with one attached hydrogen (secondary N) is 1. The van der Waals surface area contributed by atoms with E-state index in [-0.39, 0.29) is 24.3 Å². The Bertz CT molecular complexity index is 898. The summed E-state index contributed by atoms with van der Waals surface area (Å²) in [7, 11) is 0. The van der Waals surface area contributed by atoms with Gasteiger partial charge in [-0.15, -0.1) is 0 Å². The topological polar surface area (TPSA) is 100.0 Å². The molecule has 3 N–H and O–H groups in total. The van der Waals surface area contributed by atoms with Gasteiger partial charge < -0.3 is 11.1 Å². The summed E-state index contributed by atoms with van der Waals surface area (Å²) >= 11 is 0. The van der Waals surface area contributed by atoms with Gasteiger partial charge in [0.2, 0.25) is 0 Å². The Morgan fingerprint density at radius 3 is 2.52 bits per heavy atom. The van der Waals surface area contributed by atoms with Gasteiger partial charge in [-0.05, 0) is 37.1 Å². The minimum Gasteiger partial charge on any atom is -0.365 e. The number of carbonyl (C=O) groups excluding carboxylic acids is 1. The Balaban J connectivity index is 1.88. The van der Waals surface area contributed by atoms with Gasteiger partial charge in [0.1, 0.15) is 11.4 Å². The van der Waals surface area contributed by atoms with E-state index < -0.39 is 23.7 Å². The molecule has 10 heteroatoms. The maximum atomic E-state index is 13.1. The van der Waals surface area contributed by atoms with Crippen molar-refractivity contribution >= 4 is 17.4 Å². The highest BCUT2D eigenvalue weighted by Crippen LogP contribution is 2.35. The normalized spacial score (nSPS) is 16.5. The second kappa shape index (κ2) is 8.53. The van der Waals surface area contributed by atoms with Crippen LogP contribution in [0.25, 0.3) is 0 Å². The van der Waals surface area contributed by atoms with Crippen LogP contribution in [-0.2, 0) is 5.54 Å². The van der Waals surface area contributed by atoms with E-state index in [0.717, 1.165) is 0 Å². The molecule has 1 aromatic carbocycles. The number of hydrogen-bond donors (Lipinski definition) is 2. The van der Waals surface area contributed by atoms with Gasteiger partial charge in [-0.2, -0.15) is 10.4 Å². The molecule has 1 aromatic heterocycles. The first-order valence-electron chi connectivity index (χ1n) is 9.13. The lowest BCUT2D eigenvalue weighted by molar-refractivity contribution is 0.0443. The smallest absolute Gasteiger partial charge is 0.254 e. The molecule has 1 saturated heterocycles. The number of benzene rings is 1. The molecule has 29 heavy (non-hydrogen) atoms. The predicted octanol–water partition coefficient (Wildman–Crippen LogP) is 2.83. The fraction of sp³-hybridized carbons (Fsp3) is 0.421. The molecule has 1 amide bonds. The van der Waals surface area contributed by atoms with Gasteiger partial charge in [-0.3, -0.25) is 14.4 Å². The van der Waals surface area contributed by atoms with Crippen molar-refractivity contribution in [3.8, 4) is 6.07 Å². The molecular formula is C19H21F3N6O. The Morgan fingerprint density at radius 2 is 1.97 bits per heavy atom. The molecule has 1 fully saturated rings. The van der Waals surface area contributed by atoms with Crippen LogP contribution in [0.4, 0.5) is 24.7 Å². The second-order valence-corrected chi connectivity index (χ2v) is 7.08. The molecule has 0 spiro atoms. The summed E-state index contributed by atoms with van der Waals surface area (Å²) in [5, 5.41) is 16.7. The zero-order valence-corrected chi connectivity index (χ0v) is 15.6. The highest BCUT2D eigenvalue weighted by molar-refractivity contribution is 5.98. The van der Waals surface area contributed by atoms with Crippen molar-refractivity contribution in [3.63, 3.8) is 0 Å². The number of rotatable bonds is 7. The van der Waals surface area contributed by atoms with Gasteiger partial charge in [0.15, 0.2) is 5.82 Å². The molecular weight excluding hydrogens is 385 g/mol. The van der Waals surface area contributed by atoms with Crippen LogP contribution in [0.5, 0.6) is 0 Å². The number of halogens is 3. The summed E-state index contributed by atoms with van der Waals surface area (Å²) in [5.41, 5.74) is 5.40. The van der Waals surface area contributed by atoms with Gasteiger partial charge in [0.25, 0.3) is 12.3 Å². The second-order valence-electron chi connectivity index (χ2n) is 7.08. The van der Waals surface area contributed by atoms with E-state index in [0.29, 0.717) is 31.6 Å². The SMILES string of the molecule is N#CCC1(n2cc(C(N)=O)c(Nc3ccc(F)cc3)n2)CCN(CC(F)F)CC1. The quantitative estimate of drug-likeness (QED) is 0.737. The summed E-state index contributed by atoms with van der Waals surface area (Å²) in [6.07, 6.45) is 0.0440. The molecule has 0 saturated carbocycles. The average molecular weight is 406 g/mol. The predicted molar refractivity (Wildman–Crippen MR) is 100 cm³/mol. The summed E-state index contributed by atoms with van der Waals surface area (Å²) in [5.74, 6) is -0.917. The number of nitriles is 1. The fourth-order valence-corrected chi connectivity index (χ4v) is 3.54. The van der Waals surface area contributed by atoms with Crippen molar-refractivity contribution < 1.29 is 18.0 Å². The van der Waals surface area contributed by atoms with E-state index in [1.165, 1.54) is 30.5 Å². The molecule has 1 aliphatic rings. The molecule has 7 nitrogen and oxygen atoms in total. The van der Waals surface area contributed by atoms with Crippen molar-refractivity contribution in [2.45, 2.75) is 31.2 Å². The van der Waals surface area contributed by atoms with Crippen molar-refractivity contribution in [1.29, 1.82) is 5.26 Å². The molecule has 1 aliphatic heterocycles. The first-order valence-corrected chi connectivity index (χ1v) is 9.13. The van der Waals surface area contributed by atoms with Crippen LogP contribution in [0.2, 0.25) is 0 Å². The summed E-state index contributed by atoms with van der Waals surface area (Å²) in [6, 6.07) is 7.65. The van der Waals surface area contributed by atoms with E-state index in [9.17, 15) is 23.2 Å². The van der Waals surface area contributed by atoms with Crippen LogP contribution in [0, 0.1) is 17.1 Å². The van der Waals surface area contributed by atoms with Crippen LogP contribution in [0.1, 0.15) is 29.6 Å². The molecule has 0 unspecified atom stereocenters. The van der Waals surface area contributed by atoms with E-state index in [1.807, 2.05) is 0 Å². The number of piperidine rings is 1. The lowest BCUT2D eigenvalue weighted by Crippen LogP contribution is -2.47. The largest absolute Gasteiger partial charge is 0.365 e. The zero-order chi connectivity index (χ0) is 21.0.